The summed E-state index contributed by atoms with van der Waals surface area (Å²) in [5.74, 6) is 0. The number of hydrogen-bond acceptors (Lipinski definition) is 3. The van der Waals surface area contributed by atoms with Gasteiger partial charge in [0.2, 0.25) is 0 Å². The van der Waals surface area contributed by atoms with Crippen molar-refractivity contribution in [2.75, 3.05) is 0 Å². The van der Waals surface area contributed by atoms with Crippen LogP contribution in [-0.2, 0) is 10.0 Å². The number of urea groups is 1. The summed E-state index contributed by atoms with van der Waals surface area (Å²) in [5, 5.41) is 2.35. The second-order valence-electron chi connectivity index (χ2n) is 5.44. The fourth-order valence-electron chi connectivity index (χ4n) is 2.81. The van der Waals surface area contributed by atoms with Gasteiger partial charge in [0.15, 0.2) is 0 Å². The molecule has 1 N–H and O–H groups in total. The van der Waals surface area contributed by atoms with Gasteiger partial charge in [0.05, 0.1) is 12.1 Å². The topological polar surface area (TPSA) is 66.5 Å². The SMILES string of the molecule is O=C1N[C@@H](c2ccccc2)[C@H](c2ccccc2)N1S(=O)(=O)C(F)(F)F. The van der Waals surface area contributed by atoms with Gasteiger partial charge in [-0.3, -0.25) is 0 Å². The van der Waals surface area contributed by atoms with E-state index in [0.717, 1.165) is 0 Å². The van der Waals surface area contributed by atoms with Crippen molar-refractivity contribution in [3.8, 4) is 0 Å². The highest BCUT2D eigenvalue weighted by atomic mass is 32.2. The van der Waals surface area contributed by atoms with Crippen molar-refractivity contribution in [2.45, 2.75) is 17.6 Å². The molecule has 0 bridgehead atoms. The van der Waals surface area contributed by atoms with Crippen molar-refractivity contribution >= 4 is 16.1 Å². The molecule has 1 fully saturated rings. The molecular weight excluding hydrogens is 357 g/mol. The average molecular weight is 370 g/mol. The second-order valence-corrected chi connectivity index (χ2v) is 7.25. The Hall–Kier alpha value is -2.55. The Bertz CT molecular complexity index is 871. The van der Waals surface area contributed by atoms with E-state index >= 15 is 0 Å². The summed E-state index contributed by atoms with van der Waals surface area (Å²) in [6, 6.07) is 12.4. The number of nitrogens with one attached hydrogen (secondary N) is 1. The van der Waals surface area contributed by atoms with E-state index in [2.05, 4.69) is 5.32 Å². The van der Waals surface area contributed by atoms with Crippen LogP contribution < -0.4 is 5.32 Å². The van der Waals surface area contributed by atoms with Crippen LogP contribution in [0.15, 0.2) is 60.7 Å². The van der Waals surface area contributed by atoms with Crippen molar-refractivity contribution in [3.63, 3.8) is 0 Å². The number of hydrogen-bond donors (Lipinski definition) is 1. The van der Waals surface area contributed by atoms with Crippen LogP contribution in [-0.4, -0.2) is 24.3 Å². The van der Waals surface area contributed by atoms with Gasteiger partial charge in [0.1, 0.15) is 0 Å². The number of carbonyl (C=O) groups excluding carboxylic acids is 1. The molecule has 25 heavy (non-hydrogen) atoms. The van der Waals surface area contributed by atoms with Crippen LogP contribution in [0.2, 0.25) is 0 Å². The highest BCUT2D eigenvalue weighted by molar-refractivity contribution is 7.90. The molecule has 3 rings (SSSR count). The van der Waals surface area contributed by atoms with Crippen molar-refractivity contribution in [1.82, 2.24) is 9.62 Å². The molecule has 2 aromatic rings. The summed E-state index contributed by atoms with van der Waals surface area (Å²) in [6.07, 6.45) is 0. The second kappa shape index (κ2) is 6.07. The van der Waals surface area contributed by atoms with Gasteiger partial charge in [-0.15, -0.1) is 0 Å². The summed E-state index contributed by atoms with van der Waals surface area (Å²) in [6.45, 7) is 0. The molecule has 0 aromatic heterocycles. The number of nitrogens with zero attached hydrogens (tertiary/aromatic N) is 1. The van der Waals surface area contributed by atoms with Gasteiger partial charge < -0.3 is 5.32 Å². The highest BCUT2D eigenvalue weighted by Gasteiger charge is 2.58. The Balaban J connectivity index is 2.16. The molecule has 0 spiro atoms. The molecule has 0 saturated carbocycles. The van der Waals surface area contributed by atoms with Gasteiger partial charge in [-0.2, -0.15) is 21.6 Å². The summed E-state index contributed by atoms with van der Waals surface area (Å²) in [5.41, 5.74) is -4.80. The van der Waals surface area contributed by atoms with Crippen LogP contribution >= 0.6 is 0 Å². The number of sulfonamides is 1. The van der Waals surface area contributed by atoms with Crippen LogP contribution in [0.3, 0.4) is 0 Å². The van der Waals surface area contributed by atoms with E-state index in [0.29, 0.717) is 5.56 Å². The molecule has 2 aromatic carbocycles. The Labute approximate surface area is 142 Å². The van der Waals surface area contributed by atoms with Crippen LogP contribution in [0.5, 0.6) is 0 Å². The zero-order valence-corrected chi connectivity index (χ0v) is 13.5. The maximum absolute atomic E-state index is 13.1. The van der Waals surface area contributed by atoms with Crippen LogP contribution in [0, 0.1) is 0 Å². The largest absolute Gasteiger partial charge is 0.516 e. The number of rotatable bonds is 3. The maximum atomic E-state index is 13.1. The predicted molar refractivity (Wildman–Crippen MR) is 83.7 cm³/mol. The molecule has 2 atom stereocenters. The Kier molecular flexibility index (Phi) is 4.19. The number of carbonyl (C=O) groups is 1. The summed E-state index contributed by atoms with van der Waals surface area (Å²) < 4.78 is 63.0. The number of halogens is 3. The highest BCUT2D eigenvalue weighted by Crippen LogP contribution is 2.43. The Morgan fingerprint density at radius 2 is 1.36 bits per heavy atom. The summed E-state index contributed by atoms with van der Waals surface area (Å²) in [4.78, 5) is 12.2. The van der Waals surface area contributed by atoms with Crippen LogP contribution in [0.25, 0.3) is 0 Å². The van der Waals surface area contributed by atoms with Crippen molar-refractivity contribution in [2.24, 2.45) is 0 Å². The van der Waals surface area contributed by atoms with E-state index in [1.807, 2.05) is 0 Å². The van der Waals surface area contributed by atoms with E-state index in [1.54, 1.807) is 48.5 Å². The number of benzene rings is 2. The third-order valence-corrected chi connectivity index (χ3v) is 5.39. The lowest BCUT2D eigenvalue weighted by molar-refractivity contribution is -0.0483. The van der Waals surface area contributed by atoms with Gasteiger partial charge in [0, 0.05) is 0 Å². The van der Waals surface area contributed by atoms with Crippen LogP contribution in [0.4, 0.5) is 18.0 Å². The normalized spacial score (nSPS) is 21.2. The molecular formula is C16H13F3N2O3S. The zero-order valence-electron chi connectivity index (χ0n) is 12.6. The van der Waals surface area contributed by atoms with E-state index in [4.69, 9.17) is 0 Å². The van der Waals surface area contributed by atoms with Crippen molar-refractivity contribution in [3.05, 3.63) is 71.8 Å². The zero-order chi connectivity index (χ0) is 18.2. The monoisotopic (exact) mass is 370 g/mol. The minimum Gasteiger partial charge on any atom is -0.328 e. The molecule has 0 radical (unpaired) electrons. The lowest BCUT2D eigenvalue weighted by Crippen LogP contribution is -2.43. The molecule has 0 aliphatic carbocycles. The first kappa shape index (κ1) is 17.3. The van der Waals surface area contributed by atoms with E-state index in [9.17, 15) is 26.4 Å². The molecule has 1 heterocycles. The first-order valence-electron chi connectivity index (χ1n) is 7.24. The van der Waals surface area contributed by atoms with Crippen LogP contribution in [0.1, 0.15) is 23.2 Å². The van der Waals surface area contributed by atoms with Gasteiger partial charge >= 0.3 is 21.6 Å². The van der Waals surface area contributed by atoms with Gasteiger partial charge in [-0.25, -0.2) is 9.10 Å². The lowest BCUT2D eigenvalue weighted by atomic mass is 9.95. The fourth-order valence-corrected chi connectivity index (χ4v) is 3.85. The molecule has 2 amide bonds. The minimum atomic E-state index is -5.84. The van der Waals surface area contributed by atoms with Crippen molar-refractivity contribution in [1.29, 1.82) is 0 Å². The lowest BCUT2D eigenvalue weighted by Gasteiger charge is -2.27. The molecule has 5 nitrogen and oxygen atoms in total. The average Bonchev–Trinajstić information content (AvgIpc) is 2.93. The smallest absolute Gasteiger partial charge is 0.328 e. The Morgan fingerprint density at radius 1 is 0.880 bits per heavy atom. The fraction of sp³-hybridized carbons (Fsp3) is 0.188. The minimum absolute atomic E-state index is 0.111. The van der Waals surface area contributed by atoms with Gasteiger partial charge in [-0.1, -0.05) is 60.7 Å². The van der Waals surface area contributed by atoms with E-state index in [-0.39, 0.29) is 9.87 Å². The maximum Gasteiger partial charge on any atom is 0.516 e. The van der Waals surface area contributed by atoms with E-state index < -0.39 is 33.6 Å². The number of alkyl halides is 3. The van der Waals surface area contributed by atoms with Crippen molar-refractivity contribution < 1.29 is 26.4 Å². The molecule has 1 aliphatic rings. The quantitative estimate of drug-likeness (QED) is 0.901. The first-order valence-corrected chi connectivity index (χ1v) is 8.68. The third kappa shape index (κ3) is 2.95. The third-order valence-electron chi connectivity index (χ3n) is 3.90. The molecule has 132 valence electrons. The van der Waals surface area contributed by atoms with Gasteiger partial charge in [0.25, 0.3) is 0 Å². The summed E-state index contributed by atoms with van der Waals surface area (Å²) in [7, 11) is -5.84. The molecule has 0 unspecified atom stereocenters. The van der Waals surface area contributed by atoms with Gasteiger partial charge in [-0.05, 0) is 11.1 Å². The number of amides is 2. The predicted octanol–water partition coefficient (Wildman–Crippen LogP) is 3.34. The first-order chi connectivity index (χ1) is 11.7. The Morgan fingerprint density at radius 3 is 1.84 bits per heavy atom. The molecule has 1 aliphatic heterocycles. The van der Waals surface area contributed by atoms with E-state index in [1.165, 1.54) is 12.1 Å². The standard InChI is InChI=1S/C16H13F3N2O3S/c17-16(18,19)25(23,24)21-14(12-9-5-2-6-10-12)13(20-15(21)22)11-7-3-1-4-8-11/h1-10,13-14H,(H,20,22)/t13-,14-/m0/s1. The molecule has 1 saturated heterocycles. The molecule has 9 heteroatoms. The summed E-state index contributed by atoms with van der Waals surface area (Å²) >= 11 is 0.